The Balaban J connectivity index is 2.05. The highest BCUT2D eigenvalue weighted by Crippen LogP contribution is 2.44. The number of hydrogen-bond acceptors (Lipinski definition) is 4. The van der Waals surface area contributed by atoms with Gasteiger partial charge in [-0.2, -0.15) is 5.90 Å². The Kier molecular flexibility index (Phi) is 5.01. The molecule has 3 N–H and O–H groups in total. The van der Waals surface area contributed by atoms with Crippen molar-refractivity contribution in [1.82, 2.24) is 5.32 Å². The van der Waals surface area contributed by atoms with Gasteiger partial charge in [0.05, 0.1) is 5.38 Å². The number of hydrogen-bond donors (Lipinski definition) is 2. The minimum Gasteiger partial charge on any atom is -0.375 e. The fraction of sp³-hybridized carbons (Fsp3) is 0.312. The molecule has 2 aliphatic rings. The SMILES string of the molecule is NOC(=O)C1CC(c2cccc(Br)c2)C2=C(CC(Cl)C=C2Cl)N1. The van der Waals surface area contributed by atoms with E-state index in [-0.39, 0.29) is 11.3 Å². The second-order valence-corrected chi connectivity index (χ2v) is 7.49. The van der Waals surface area contributed by atoms with Crippen LogP contribution in [0, 0.1) is 0 Å². The maximum absolute atomic E-state index is 11.9. The van der Waals surface area contributed by atoms with Crippen molar-refractivity contribution in [2.24, 2.45) is 5.90 Å². The molecule has 0 saturated heterocycles. The summed E-state index contributed by atoms with van der Waals surface area (Å²) in [4.78, 5) is 16.3. The lowest BCUT2D eigenvalue weighted by atomic mass is 9.79. The molecule has 0 spiro atoms. The topological polar surface area (TPSA) is 64.3 Å². The van der Waals surface area contributed by atoms with Gasteiger partial charge in [-0.3, -0.25) is 0 Å². The van der Waals surface area contributed by atoms with Crippen molar-refractivity contribution >= 4 is 45.1 Å². The van der Waals surface area contributed by atoms with Gasteiger partial charge in [-0.15, -0.1) is 11.6 Å². The molecule has 3 rings (SSSR count). The Morgan fingerprint density at radius 1 is 1.43 bits per heavy atom. The van der Waals surface area contributed by atoms with Crippen LogP contribution in [0.15, 0.2) is 51.1 Å². The highest BCUT2D eigenvalue weighted by molar-refractivity contribution is 9.10. The molecule has 0 aromatic heterocycles. The van der Waals surface area contributed by atoms with E-state index in [1.54, 1.807) is 0 Å². The van der Waals surface area contributed by atoms with Gasteiger partial charge in [-0.05, 0) is 35.8 Å². The highest BCUT2D eigenvalue weighted by atomic mass is 79.9. The summed E-state index contributed by atoms with van der Waals surface area (Å²) in [6.07, 6.45) is 2.95. The zero-order valence-corrected chi connectivity index (χ0v) is 15.2. The van der Waals surface area contributed by atoms with Crippen LogP contribution < -0.4 is 11.2 Å². The lowest BCUT2D eigenvalue weighted by Gasteiger charge is -2.36. The van der Waals surface area contributed by atoms with Crippen LogP contribution in [0.5, 0.6) is 0 Å². The molecule has 7 heteroatoms. The third-order valence-corrected chi connectivity index (χ3v) is 5.23. The van der Waals surface area contributed by atoms with Gasteiger partial charge in [0, 0.05) is 27.5 Å². The zero-order chi connectivity index (χ0) is 16.6. The molecule has 1 aliphatic carbocycles. The number of carbonyl (C=O) groups excluding carboxylic acids is 1. The molecule has 0 radical (unpaired) electrons. The number of benzene rings is 1. The Hall–Kier alpha value is -1.01. The Bertz CT molecular complexity index is 705. The van der Waals surface area contributed by atoms with E-state index in [0.717, 1.165) is 21.3 Å². The van der Waals surface area contributed by atoms with Crippen LogP contribution in [0.25, 0.3) is 0 Å². The highest BCUT2D eigenvalue weighted by Gasteiger charge is 2.37. The van der Waals surface area contributed by atoms with Crippen molar-refractivity contribution in [2.75, 3.05) is 0 Å². The fourth-order valence-corrected chi connectivity index (χ4v) is 4.32. The van der Waals surface area contributed by atoms with Gasteiger partial charge < -0.3 is 10.2 Å². The van der Waals surface area contributed by atoms with Gasteiger partial charge in [0.15, 0.2) is 0 Å². The average molecular weight is 418 g/mol. The van der Waals surface area contributed by atoms with E-state index in [0.29, 0.717) is 17.9 Å². The van der Waals surface area contributed by atoms with Crippen molar-refractivity contribution in [2.45, 2.75) is 30.2 Å². The summed E-state index contributed by atoms with van der Waals surface area (Å²) in [5.41, 5.74) is 2.94. The molecule has 1 aromatic rings. The molecule has 1 aliphatic heterocycles. The Morgan fingerprint density at radius 2 is 2.22 bits per heavy atom. The molecule has 3 atom stereocenters. The predicted octanol–water partition coefficient (Wildman–Crippen LogP) is 3.70. The van der Waals surface area contributed by atoms with E-state index in [9.17, 15) is 4.79 Å². The molecule has 4 nitrogen and oxygen atoms in total. The lowest BCUT2D eigenvalue weighted by molar-refractivity contribution is -0.147. The molecule has 0 saturated carbocycles. The van der Waals surface area contributed by atoms with Crippen molar-refractivity contribution in [3.05, 3.63) is 56.7 Å². The third kappa shape index (κ3) is 3.43. The first-order valence-corrected chi connectivity index (χ1v) is 8.77. The van der Waals surface area contributed by atoms with Crippen LogP contribution in [0.3, 0.4) is 0 Å². The number of halogens is 3. The number of nitrogens with two attached hydrogens (primary N) is 1. The number of allylic oxidation sites excluding steroid dienone is 4. The van der Waals surface area contributed by atoms with Crippen LogP contribution in [0.1, 0.15) is 24.3 Å². The summed E-state index contributed by atoms with van der Waals surface area (Å²) in [6.45, 7) is 0. The predicted molar refractivity (Wildman–Crippen MR) is 93.9 cm³/mol. The first-order valence-electron chi connectivity index (χ1n) is 7.17. The largest absolute Gasteiger partial charge is 0.375 e. The van der Waals surface area contributed by atoms with Crippen LogP contribution in [0.2, 0.25) is 0 Å². The summed E-state index contributed by atoms with van der Waals surface area (Å²) in [7, 11) is 0. The molecule has 3 unspecified atom stereocenters. The van der Waals surface area contributed by atoms with Crippen LogP contribution in [-0.2, 0) is 9.63 Å². The van der Waals surface area contributed by atoms with E-state index in [1.807, 2.05) is 30.3 Å². The van der Waals surface area contributed by atoms with Gasteiger partial charge in [0.25, 0.3) is 0 Å². The number of alkyl halides is 1. The van der Waals surface area contributed by atoms with Gasteiger partial charge in [0.1, 0.15) is 6.04 Å². The second kappa shape index (κ2) is 6.85. The quantitative estimate of drug-likeness (QED) is 0.568. The minimum absolute atomic E-state index is 0.0271. The zero-order valence-electron chi connectivity index (χ0n) is 12.1. The average Bonchev–Trinajstić information content (AvgIpc) is 2.52. The Labute approximate surface area is 152 Å². The first kappa shape index (κ1) is 16.8. The fourth-order valence-electron chi connectivity index (χ4n) is 3.16. The van der Waals surface area contributed by atoms with Crippen molar-refractivity contribution in [3.63, 3.8) is 0 Å². The van der Waals surface area contributed by atoms with E-state index < -0.39 is 12.0 Å². The van der Waals surface area contributed by atoms with Gasteiger partial charge in [-0.25, -0.2) is 4.79 Å². The Morgan fingerprint density at radius 3 is 2.91 bits per heavy atom. The number of rotatable bonds is 2. The van der Waals surface area contributed by atoms with E-state index in [2.05, 4.69) is 26.1 Å². The van der Waals surface area contributed by atoms with E-state index in [4.69, 9.17) is 29.1 Å². The molecule has 0 bridgehead atoms. The molecule has 1 aromatic carbocycles. The van der Waals surface area contributed by atoms with Crippen molar-refractivity contribution in [3.8, 4) is 0 Å². The summed E-state index contributed by atoms with van der Waals surface area (Å²) < 4.78 is 0.972. The summed E-state index contributed by atoms with van der Waals surface area (Å²) >= 11 is 16.2. The molecule has 122 valence electrons. The lowest BCUT2D eigenvalue weighted by Crippen LogP contribution is -2.45. The van der Waals surface area contributed by atoms with Crippen LogP contribution in [-0.4, -0.2) is 17.4 Å². The number of nitrogens with one attached hydrogen (secondary N) is 1. The maximum Gasteiger partial charge on any atom is 0.347 e. The van der Waals surface area contributed by atoms with Crippen LogP contribution >= 0.6 is 39.1 Å². The van der Waals surface area contributed by atoms with Crippen molar-refractivity contribution in [1.29, 1.82) is 0 Å². The molecule has 23 heavy (non-hydrogen) atoms. The van der Waals surface area contributed by atoms with Gasteiger partial charge in [-0.1, -0.05) is 39.7 Å². The normalized spacial score (nSPS) is 27.0. The van der Waals surface area contributed by atoms with E-state index in [1.165, 1.54) is 0 Å². The van der Waals surface area contributed by atoms with Crippen molar-refractivity contribution < 1.29 is 9.63 Å². The molecular formula is C16H15BrCl2N2O2. The first-order chi connectivity index (χ1) is 11.0. The summed E-state index contributed by atoms with van der Waals surface area (Å²) in [5, 5.41) is 3.61. The van der Waals surface area contributed by atoms with Crippen LogP contribution in [0.4, 0.5) is 0 Å². The maximum atomic E-state index is 11.9. The molecule has 1 heterocycles. The minimum atomic E-state index is -0.519. The molecule has 0 amide bonds. The van der Waals surface area contributed by atoms with Gasteiger partial charge >= 0.3 is 5.97 Å². The monoisotopic (exact) mass is 416 g/mol. The molecular weight excluding hydrogens is 403 g/mol. The smallest absolute Gasteiger partial charge is 0.347 e. The third-order valence-electron chi connectivity index (χ3n) is 4.13. The molecule has 0 fully saturated rings. The van der Waals surface area contributed by atoms with E-state index >= 15 is 0 Å². The summed E-state index contributed by atoms with van der Waals surface area (Å²) in [5.74, 6) is 4.54. The standard InChI is InChI=1S/C16H15BrCl2N2O2/c17-9-3-1-2-8(4-9)11-7-14(16(22)23-20)21-13-6-10(18)5-12(19)15(11)13/h1-5,10-11,14,21H,6-7,20H2. The number of carbonyl (C=O) groups is 1. The summed E-state index contributed by atoms with van der Waals surface area (Å²) in [6, 6.07) is 7.45. The second-order valence-electron chi connectivity index (χ2n) is 5.60. The van der Waals surface area contributed by atoms with Gasteiger partial charge in [0.2, 0.25) is 0 Å².